The predicted octanol–water partition coefficient (Wildman–Crippen LogP) is 0.641. The molecular weight excluding hydrogens is 296 g/mol. The molecule has 0 aromatic heterocycles. The molecule has 3 rings (SSSR count). The lowest BCUT2D eigenvalue weighted by Gasteiger charge is -2.20. The SMILES string of the molecule is CN1CCC(O)(CN=C(N)Nc2ccc3c(c2)OCCCO3)C1. The van der Waals surface area contributed by atoms with Gasteiger partial charge in [-0.3, -0.25) is 4.99 Å². The lowest BCUT2D eigenvalue weighted by molar-refractivity contribution is 0.0615. The Hall–Kier alpha value is -1.99. The first-order chi connectivity index (χ1) is 11.0. The van der Waals surface area contributed by atoms with Crippen LogP contribution in [0.5, 0.6) is 11.5 Å². The zero-order chi connectivity index (χ0) is 16.3. The number of likely N-dealkylation sites (tertiary alicyclic amines) is 1. The number of likely N-dealkylation sites (N-methyl/N-ethyl adjacent to an activating group) is 1. The van der Waals surface area contributed by atoms with Crippen molar-refractivity contribution in [1.29, 1.82) is 0 Å². The molecule has 0 amide bonds. The average Bonchev–Trinajstić information content (AvgIpc) is 2.73. The second-order valence-corrected chi connectivity index (χ2v) is 6.25. The largest absolute Gasteiger partial charge is 0.490 e. The summed E-state index contributed by atoms with van der Waals surface area (Å²) >= 11 is 0. The van der Waals surface area contributed by atoms with Crippen LogP contribution in [-0.2, 0) is 0 Å². The molecule has 1 saturated heterocycles. The van der Waals surface area contributed by atoms with Crippen LogP contribution in [0.15, 0.2) is 23.2 Å². The van der Waals surface area contributed by atoms with Gasteiger partial charge in [0.2, 0.25) is 0 Å². The third-order valence-corrected chi connectivity index (χ3v) is 4.09. The molecule has 0 radical (unpaired) electrons. The van der Waals surface area contributed by atoms with Crippen molar-refractivity contribution in [2.24, 2.45) is 10.7 Å². The monoisotopic (exact) mass is 320 g/mol. The van der Waals surface area contributed by atoms with Gasteiger partial charge >= 0.3 is 0 Å². The Bertz CT molecular complexity index is 593. The van der Waals surface area contributed by atoms with E-state index in [4.69, 9.17) is 15.2 Å². The summed E-state index contributed by atoms with van der Waals surface area (Å²) < 4.78 is 11.2. The van der Waals surface area contributed by atoms with E-state index in [0.29, 0.717) is 38.5 Å². The predicted molar refractivity (Wildman–Crippen MR) is 89.2 cm³/mol. The van der Waals surface area contributed by atoms with Gasteiger partial charge in [0.15, 0.2) is 17.5 Å². The zero-order valence-corrected chi connectivity index (χ0v) is 13.4. The highest BCUT2D eigenvalue weighted by atomic mass is 16.5. The maximum absolute atomic E-state index is 10.4. The fraction of sp³-hybridized carbons (Fsp3) is 0.562. The number of guanidine groups is 1. The van der Waals surface area contributed by atoms with Gasteiger partial charge in [0.05, 0.1) is 25.4 Å². The highest BCUT2D eigenvalue weighted by molar-refractivity contribution is 5.92. The number of rotatable bonds is 3. The Kier molecular flexibility index (Phi) is 4.58. The normalized spacial score (nSPS) is 25.2. The summed E-state index contributed by atoms with van der Waals surface area (Å²) in [6.07, 6.45) is 1.58. The molecule has 4 N–H and O–H groups in total. The zero-order valence-electron chi connectivity index (χ0n) is 13.4. The lowest BCUT2D eigenvalue weighted by atomic mass is 10.0. The van der Waals surface area contributed by atoms with Crippen molar-refractivity contribution in [3.05, 3.63) is 18.2 Å². The van der Waals surface area contributed by atoms with E-state index < -0.39 is 5.60 Å². The lowest BCUT2D eigenvalue weighted by Crippen LogP contribution is -2.36. The van der Waals surface area contributed by atoms with Gasteiger partial charge in [-0.05, 0) is 25.6 Å². The van der Waals surface area contributed by atoms with Gasteiger partial charge in [0.25, 0.3) is 0 Å². The maximum Gasteiger partial charge on any atom is 0.193 e. The van der Waals surface area contributed by atoms with E-state index in [2.05, 4.69) is 15.2 Å². The van der Waals surface area contributed by atoms with Crippen LogP contribution < -0.4 is 20.5 Å². The molecular formula is C16H24N4O3. The van der Waals surface area contributed by atoms with Gasteiger partial charge in [-0.15, -0.1) is 0 Å². The smallest absolute Gasteiger partial charge is 0.193 e. The fourth-order valence-corrected chi connectivity index (χ4v) is 2.85. The number of ether oxygens (including phenoxy) is 2. The minimum Gasteiger partial charge on any atom is -0.490 e. The molecule has 0 spiro atoms. The Morgan fingerprint density at radius 2 is 2.17 bits per heavy atom. The van der Waals surface area contributed by atoms with Crippen molar-refractivity contribution < 1.29 is 14.6 Å². The number of β-amino-alcohol motifs (C(OH)–C–C–N with tert-alkyl or cyclic N) is 1. The van der Waals surface area contributed by atoms with Crippen molar-refractivity contribution >= 4 is 11.6 Å². The number of hydrogen-bond donors (Lipinski definition) is 3. The van der Waals surface area contributed by atoms with E-state index in [-0.39, 0.29) is 5.96 Å². The number of nitrogens with zero attached hydrogens (tertiary/aromatic N) is 2. The Balaban J connectivity index is 1.62. The Labute approximate surface area is 136 Å². The summed E-state index contributed by atoms with van der Waals surface area (Å²) in [6, 6.07) is 5.57. The van der Waals surface area contributed by atoms with Crippen LogP contribution in [0.2, 0.25) is 0 Å². The molecule has 0 saturated carbocycles. The van der Waals surface area contributed by atoms with Crippen molar-refractivity contribution in [3.8, 4) is 11.5 Å². The minimum absolute atomic E-state index is 0.280. The molecule has 1 atom stereocenters. The summed E-state index contributed by atoms with van der Waals surface area (Å²) in [5.41, 5.74) is 5.92. The van der Waals surface area contributed by atoms with Crippen LogP contribution in [0.25, 0.3) is 0 Å². The second-order valence-electron chi connectivity index (χ2n) is 6.25. The van der Waals surface area contributed by atoms with E-state index in [1.807, 2.05) is 25.2 Å². The number of nitrogens with one attached hydrogen (secondary N) is 1. The minimum atomic E-state index is -0.786. The van der Waals surface area contributed by atoms with Gasteiger partial charge < -0.3 is 30.5 Å². The second kappa shape index (κ2) is 6.64. The van der Waals surface area contributed by atoms with Crippen molar-refractivity contribution in [2.45, 2.75) is 18.4 Å². The summed E-state index contributed by atoms with van der Waals surface area (Å²) in [5.74, 6) is 1.73. The van der Waals surface area contributed by atoms with Crippen LogP contribution in [0.1, 0.15) is 12.8 Å². The first-order valence-electron chi connectivity index (χ1n) is 7.92. The number of anilines is 1. The number of aliphatic imine (C=N–C) groups is 1. The van der Waals surface area contributed by atoms with Crippen LogP contribution in [0, 0.1) is 0 Å². The number of nitrogens with two attached hydrogens (primary N) is 1. The molecule has 2 heterocycles. The van der Waals surface area contributed by atoms with Crippen molar-refractivity contribution in [1.82, 2.24) is 4.90 Å². The van der Waals surface area contributed by atoms with Crippen molar-refractivity contribution in [2.75, 3.05) is 45.2 Å². The van der Waals surface area contributed by atoms with Crippen molar-refractivity contribution in [3.63, 3.8) is 0 Å². The first kappa shape index (κ1) is 15.9. The third-order valence-electron chi connectivity index (χ3n) is 4.09. The number of benzene rings is 1. The van der Waals surface area contributed by atoms with Gasteiger partial charge in [-0.25, -0.2) is 0 Å². The quantitative estimate of drug-likeness (QED) is 0.559. The van der Waals surface area contributed by atoms with Gasteiger partial charge in [0.1, 0.15) is 0 Å². The molecule has 1 aromatic carbocycles. The molecule has 1 fully saturated rings. The number of fused-ring (bicyclic) bond motifs is 1. The topological polar surface area (TPSA) is 92.3 Å². The van der Waals surface area contributed by atoms with E-state index >= 15 is 0 Å². The molecule has 7 heteroatoms. The fourth-order valence-electron chi connectivity index (χ4n) is 2.85. The van der Waals surface area contributed by atoms with Gasteiger partial charge in [-0.1, -0.05) is 0 Å². The summed E-state index contributed by atoms with van der Waals surface area (Å²) in [5, 5.41) is 13.4. The number of aliphatic hydroxyl groups is 1. The van der Waals surface area contributed by atoms with Crippen LogP contribution in [0.4, 0.5) is 5.69 Å². The van der Waals surface area contributed by atoms with Gasteiger partial charge in [-0.2, -0.15) is 0 Å². The molecule has 1 aromatic rings. The molecule has 2 aliphatic rings. The third kappa shape index (κ3) is 4.05. The van der Waals surface area contributed by atoms with E-state index in [9.17, 15) is 5.11 Å². The van der Waals surface area contributed by atoms with E-state index in [1.54, 1.807) is 0 Å². The highest BCUT2D eigenvalue weighted by Crippen LogP contribution is 2.32. The Morgan fingerprint density at radius 3 is 2.91 bits per heavy atom. The first-order valence-corrected chi connectivity index (χ1v) is 7.92. The maximum atomic E-state index is 10.4. The molecule has 0 bridgehead atoms. The average molecular weight is 320 g/mol. The van der Waals surface area contributed by atoms with Crippen LogP contribution in [-0.4, -0.2) is 61.5 Å². The summed E-state index contributed by atoms with van der Waals surface area (Å²) in [7, 11) is 1.99. The molecule has 23 heavy (non-hydrogen) atoms. The van der Waals surface area contributed by atoms with Crippen LogP contribution in [0.3, 0.4) is 0 Å². The molecule has 7 nitrogen and oxygen atoms in total. The van der Waals surface area contributed by atoms with E-state index in [0.717, 1.165) is 24.4 Å². The van der Waals surface area contributed by atoms with Crippen LogP contribution >= 0.6 is 0 Å². The molecule has 0 aliphatic carbocycles. The molecule has 126 valence electrons. The number of hydrogen-bond acceptors (Lipinski definition) is 5. The Morgan fingerprint density at radius 1 is 1.39 bits per heavy atom. The standard InChI is InChI=1S/C16H24N4O3/c1-20-6-5-16(21,11-20)10-18-15(17)19-12-3-4-13-14(9-12)23-8-2-7-22-13/h3-4,9,21H,2,5-8,10-11H2,1H3,(H3,17,18,19). The van der Waals surface area contributed by atoms with E-state index in [1.165, 1.54) is 0 Å². The molecule has 2 aliphatic heterocycles. The summed E-state index contributed by atoms with van der Waals surface area (Å²) in [6.45, 7) is 3.09. The summed E-state index contributed by atoms with van der Waals surface area (Å²) in [4.78, 5) is 6.36. The molecule has 1 unspecified atom stereocenters. The van der Waals surface area contributed by atoms with Gasteiger partial charge in [0, 0.05) is 31.3 Å². The highest BCUT2D eigenvalue weighted by Gasteiger charge is 2.34.